The van der Waals surface area contributed by atoms with Gasteiger partial charge in [-0.25, -0.2) is 4.98 Å². The van der Waals surface area contributed by atoms with Crippen molar-refractivity contribution in [2.45, 2.75) is 38.1 Å². The van der Waals surface area contributed by atoms with Gasteiger partial charge in [-0.3, -0.25) is 4.90 Å². The first-order chi connectivity index (χ1) is 11.3. The number of hydrogen-bond donors (Lipinski definition) is 1. The number of carbonyl (C=O) groups is 1. The van der Waals surface area contributed by atoms with Crippen LogP contribution in [-0.4, -0.2) is 41.9 Å². The maximum Gasteiger partial charge on any atom is 0.433 e. The molecule has 2 heterocycles. The summed E-state index contributed by atoms with van der Waals surface area (Å²) < 4.78 is 44.3. The summed E-state index contributed by atoms with van der Waals surface area (Å²) in [5.74, 6) is -0.0205. The average Bonchev–Trinajstić information content (AvgIpc) is 2.90. The van der Waals surface area contributed by atoms with E-state index in [1.54, 1.807) is 0 Å². The van der Waals surface area contributed by atoms with Gasteiger partial charge in [0.25, 0.3) is 0 Å². The summed E-state index contributed by atoms with van der Waals surface area (Å²) >= 11 is 0. The highest BCUT2D eigenvalue weighted by Crippen LogP contribution is 2.49. The summed E-state index contributed by atoms with van der Waals surface area (Å²) in [6.07, 6.45) is -1.22. The predicted octanol–water partition coefficient (Wildman–Crippen LogP) is 2.41. The molecule has 2 aliphatic rings. The van der Waals surface area contributed by atoms with Crippen molar-refractivity contribution < 1.29 is 22.7 Å². The van der Waals surface area contributed by atoms with E-state index in [1.807, 2.05) is 0 Å². The SMILES string of the molecule is Cl.NCc1cc(OC2CC3(CCN(CC=O)C3)C2)nc(C(F)(F)F)c1. The summed E-state index contributed by atoms with van der Waals surface area (Å²) in [5.41, 5.74) is 4.96. The van der Waals surface area contributed by atoms with E-state index in [1.165, 1.54) is 6.07 Å². The van der Waals surface area contributed by atoms with Crippen LogP contribution in [0.25, 0.3) is 0 Å². The second kappa shape index (κ2) is 7.47. The molecule has 1 saturated heterocycles. The first-order valence-corrected chi connectivity index (χ1v) is 7.94. The molecule has 1 aromatic rings. The van der Waals surface area contributed by atoms with E-state index in [4.69, 9.17) is 10.5 Å². The van der Waals surface area contributed by atoms with Crippen LogP contribution in [0.4, 0.5) is 13.2 Å². The molecule has 0 amide bonds. The first-order valence-electron chi connectivity index (χ1n) is 7.94. The summed E-state index contributed by atoms with van der Waals surface area (Å²) in [6, 6.07) is 2.41. The summed E-state index contributed by atoms with van der Waals surface area (Å²) in [7, 11) is 0. The van der Waals surface area contributed by atoms with Crippen LogP contribution < -0.4 is 10.5 Å². The number of nitrogens with zero attached hydrogens (tertiary/aromatic N) is 2. The Hall–Kier alpha value is -1.38. The van der Waals surface area contributed by atoms with Crippen molar-refractivity contribution in [1.82, 2.24) is 9.88 Å². The summed E-state index contributed by atoms with van der Waals surface area (Å²) in [5, 5.41) is 0. The Kier molecular flexibility index (Phi) is 5.96. The van der Waals surface area contributed by atoms with Crippen molar-refractivity contribution in [3.8, 4) is 5.88 Å². The molecule has 0 unspecified atom stereocenters. The number of hydrogen-bond acceptors (Lipinski definition) is 5. The number of likely N-dealkylation sites (tertiary alicyclic amines) is 1. The van der Waals surface area contributed by atoms with Crippen LogP contribution in [0.1, 0.15) is 30.5 Å². The zero-order chi connectivity index (χ0) is 17.4. The zero-order valence-electron chi connectivity index (χ0n) is 13.6. The minimum absolute atomic E-state index is 0. The molecule has 1 spiro atoms. The van der Waals surface area contributed by atoms with Gasteiger partial charge in [-0.05, 0) is 42.9 Å². The van der Waals surface area contributed by atoms with Crippen LogP contribution in [-0.2, 0) is 17.5 Å². The van der Waals surface area contributed by atoms with Crippen LogP contribution in [0.15, 0.2) is 12.1 Å². The van der Waals surface area contributed by atoms with E-state index in [9.17, 15) is 18.0 Å². The monoisotopic (exact) mass is 379 g/mol. The van der Waals surface area contributed by atoms with Crippen LogP contribution in [0.5, 0.6) is 5.88 Å². The van der Waals surface area contributed by atoms with Gasteiger partial charge in [0.05, 0.1) is 6.54 Å². The van der Waals surface area contributed by atoms with E-state index in [0.29, 0.717) is 12.1 Å². The lowest BCUT2D eigenvalue weighted by molar-refractivity contribution is -0.141. The number of pyridine rings is 1. The maximum absolute atomic E-state index is 12.9. The molecule has 1 saturated carbocycles. The Balaban J connectivity index is 0.00000225. The Labute approximate surface area is 150 Å². The van der Waals surface area contributed by atoms with Crippen LogP contribution in [0, 0.1) is 5.41 Å². The highest BCUT2D eigenvalue weighted by atomic mass is 35.5. The van der Waals surface area contributed by atoms with Gasteiger partial charge in [0.1, 0.15) is 18.1 Å². The van der Waals surface area contributed by atoms with Gasteiger partial charge in [-0.2, -0.15) is 13.2 Å². The van der Waals surface area contributed by atoms with Crippen molar-refractivity contribution in [1.29, 1.82) is 0 Å². The summed E-state index contributed by atoms with van der Waals surface area (Å²) in [6.45, 7) is 2.15. The number of aromatic nitrogens is 1. The van der Waals surface area contributed by atoms with Gasteiger partial charge in [0.2, 0.25) is 5.88 Å². The highest BCUT2D eigenvalue weighted by Gasteiger charge is 2.49. The molecule has 5 nitrogen and oxygen atoms in total. The third-order valence-electron chi connectivity index (χ3n) is 4.85. The molecule has 0 aromatic carbocycles. The van der Waals surface area contributed by atoms with Gasteiger partial charge in [-0.1, -0.05) is 0 Å². The van der Waals surface area contributed by atoms with Crippen LogP contribution in [0.3, 0.4) is 0 Å². The molecule has 25 heavy (non-hydrogen) atoms. The molecular weight excluding hydrogens is 359 g/mol. The summed E-state index contributed by atoms with van der Waals surface area (Å²) in [4.78, 5) is 16.3. The first kappa shape index (κ1) is 19.9. The number of halogens is 4. The van der Waals surface area contributed by atoms with Crippen LogP contribution >= 0.6 is 12.4 Å². The van der Waals surface area contributed by atoms with E-state index in [2.05, 4.69) is 9.88 Å². The fourth-order valence-corrected chi connectivity index (χ4v) is 3.67. The fourth-order valence-electron chi connectivity index (χ4n) is 3.67. The molecular formula is C16H21ClF3N3O2. The van der Waals surface area contributed by atoms with Crippen molar-refractivity contribution in [3.63, 3.8) is 0 Å². The van der Waals surface area contributed by atoms with E-state index in [0.717, 1.165) is 44.7 Å². The highest BCUT2D eigenvalue weighted by molar-refractivity contribution is 5.85. The zero-order valence-corrected chi connectivity index (χ0v) is 14.4. The lowest BCUT2D eigenvalue weighted by Crippen LogP contribution is -2.46. The second-order valence-electron chi connectivity index (χ2n) is 6.70. The average molecular weight is 380 g/mol. The third-order valence-corrected chi connectivity index (χ3v) is 4.85. The molecule has 9 heteroatoms. The van der Waals surface area contributed by atoms with Crippen molar-refractivity contribution >= 4 is 18.7 Å². The lowest BCUT2D eigenvalue weighted by atomic mass is 9.66. The van der Waals surface area contributed by atoms with E-state index >= 15 is 0 Å². The molecule has 0 bridgehead atoms. The number of ether oxygens (including phenoxy) is 1. The Morgan fingerprint density at radius 2 is 2.12 bits per heavy atom. The van der Waals surface area contributed by atoms with Gasteiger partial charge in [0, 0.05) is 19.2 Å². The smallest absolute Gasteiger partial charge is 0.433 e. The van der Waals surface area contributed by atoms with Gasteiger partial charge in [-0.15, -0.1) is 12.4 Å². The molecule has 140 valence electrons. The number of alkyl halides is 3. The fraction of sp³-hybridized carbons (Fsp3) is 0.625. The molecule has 2 fully saturated rings. The van der Waals surface area contributed by atoms with Crippen molar-refractivity contribution in [2.24, 2.45) is 11.1 Å². The standard InChI is InChI=1S/C16H20F3N3O2.ClH/c17-16(18,19)13-5-11(9-20)6-14(21-13)24-12-7-15(8-12)1-2-22(10-15)3-4-23;/h4-6,12H,1-3,7-10,20H2;1H. The molecule has 1 aliphatic carbocycles. The van der Waals surface area contributed by atoms with Gasteiger partial charge >= 0.3 is 6.18 Å². The molecule has 2 N–H and O–H groups in total. The number of rotatable bonds is 5. The van der Waals surface area contributed by atoms with E-state index < -0.39 is 11.9 Å². The number of aldehydes is 1. The largest absolute Gasteiger partial charge is 0.474 e. The molecule has 3 rings (SSSR count). The second-order valence-corrected chi connectivity index (χ2v) is 6.70. The molecule has 1 aliphatic heterocycles. The molecule has 0 radical (unpaired) electrons. The Morgan fingerprint density at radius 3 is 2.72 bits per heavy atom. The number of nitrogens with two attached hydrogens (primary N) is 1. The van der Waals surface area contributed by atoms with Gasteiger partial charge < -0.3 is 15.3 Å². The van der Waals surface area contributed by atoms with Crippen molar-refractivity contribution in [2.75, 3.05) is 19.6 Å². The normalized spacial score (nSPS) is 26.2. The quantitative estimate of drug-likeness (QED) is 0.796. The minimum Gasteiger partial charge on any atom is -0.474 e. The van der Waals surface area contributed by atoms with Crippen LogP contribution in [0.2, 0.25) is 0 Å². The Morgan fingerprint density at radius 1 is 1.40 bits per heavy atom. The Bertz CT molecular complexity index is 621. The molecule has 0 atom stereocenters. The lowest BCUT2D eigenvalue weighted by Gasteiger charge is -2.44. The topological polar surface area (TPSA) is 68.5 Å². The minimum atomic E-state index is -4.52. The third kappa shape index (κ3) is 4.43. The van der Waals surface area contributed by atoms with Gasteiger partial charge in [0.15, 0.2) is 0 Å². The van der Waals surface area contributed by atoms with Crippen molar-refractivity contribution in [3.05, 3.63) is 23.4 Å². The van der Waals surface area contributed by atoms with E-state index in [-0.39, 0.29) is 36.4 Å². The predicted molar refractivity (Wildman–Crippen MR) is 87.6 cm³/mol. The number of carbonyl (C=O) groups excluding carboxylic acids is 1. The maximum atomic E-state index is 12.9. The molecule has 1 aromatic heterocycles.